The SMILES string of the molecule is CC(C)CC(SCc1ccc(C(C)(C)C)cc1)C(=O)NC1(C)C(=O)COC1C. The monoisotopic (exact) mass is 405 g/mol. The number of thioether (sulfide) groups is 1. The lowest BCUT2D eigenvalue weighted by molar-refractivity contribution is -0.129. The molecule has 4 nitrogen and oxygen atoms in total. The molecule has 1 fully saturated rings. The van der Waals surface area contributed by atoms with Gasteiger partial charge in [0.15, 0.2) is 5.78 Å². The van der Waals surface area contributed by atoms with Crippen LogP contribution in [0.4, 0.5) is 0 Å². The summed E-state index contributed by atoms with van der Waals surface area (Å²) in [7, 11) is 0. The number of amides is 1. The summed E-state index contributed by atoms with van der Waals surface area (Å²) in [5.74, 6) is 1.04. The number of hydrogen-bond donors (Lipinski definition) is 1. The van der Waals surface area contributed by atoms with Gasteiger partial charge in [-0.3, -0.25) is 9.59 Å². The Morgan fingerprint density at radius 2 is 1.89 bits per heavy atom. The number of nitrogens with one attached hydrogen (secondary N) is 1. The van der Waals surface area contributed by atoms with Crippen LogP contribution in [0, 0.1) is 5.92 Å². The maximum absolute atomic E-state index is 13.0. The van der Waals surface area contributed by atoms with Crippen molar-refractivity contribution in [1.82, 2.24) is 5.32 Å². The molecule has 3 unspecified atom stereocenters. The molecule has 156 valence electrons. The van der Waals surface area contributed by atoms with Gasteiger partial charge < -0.3 is 10.1 Å². The van der Waals surface area contributed by atoms with Crippen LogP contribution in [0.15, 0.2) is 24.3 Å². The van der Waals surface area contributed by atoms with Crippen LogP contribution in [-0.4, -0.2) is 35.2 Å². The minimum absolute atomic E-state index is 0.0561. The van der Waals surface area contributed by atoms with E-state index in [-0.39, 0.29) is 35.1 Å². The van der Waals surface area contributed by atoms with Crippen molar-refractivity contribution >= 4 is 23.5 Å². The van der Waals surface area contributed by atoms with E-state index in [9.17, 15) is 9.59 Å². The summed E-state index contributed by atoms with van der Waals surface area (Å²) in [6.45, 7) is 14.5. The van der Waals surface area contributed by atoms with Gasteiger partial charge >= 0.3 is 0 Å². The molecular weight excluding hydrogens is 370 g/mol. The minimum atomic E-state index is -0.929. The van der Waals surface area contributed by atoms with Gasteiger partial charge in [-0.15, -0.1) is 11.8 Å². The molecule has 0 saturated carbocycles. The molecule has 1 N–H and O–H groups in total. The Hall–Kier alpha value is -1.33. The Bertz CT molecular complexity index is 693. The van der Waals surface area contributed by atoms with Crippen molar-refractivity contribution in [2.75, 3.05) is 6.61 Å². The summed E-state index contributed by atoms with van der Waals surface area (Å²) in [5.41, 5.74) is 1.72. The van der Waals surface area contributed by atoms with Gasteiger partial charge in [0.05, 0.1) is 11.4 Å². The lowest BCUT2D eigenvalue weighted by Crippen LogP contribution is -2.57. The van der Waals surface area contributed by atoms with E-state index < -0.39 is 5.54 Å². The molecule has 0 spiro atoms. The van der Waals surface area contributed by atoms with E-state index in [0.29, 0.717) is 5.92 Å². The number of Topliss-reactive ketones (excluding diaryl/α,β-unsaturated/α-hetero) is 1. The van der Waals surface area contributed by atoms with E-state index in [1.54, 1.807) is 18.7 Å². The average Bonchev–Trinajstić information content (AvgIpc) is 2.85. The molecule has 1 amide bonds. The Balaban J connectivity index is 2.05. The molecular formula is C23H35NO3S. The quantitative estimate of drug-likeness (QED) is 0.726. The second kappa shape index (κ2) is 9.00. The second-order valence-electron chi connectivity index (χ2n) is 9.44. The lowest BCUT2D eigenvalue weighted by atomic mass is 9.87. The first-order chi connectivity index (χ1) is 12.9. The van der Waals surface area contributed by atoms with Crippen molar-refractivity contribution in [3.63, 3.8) is 0 Å². The zero-order valence-corrected chi connectivity index (χ0v) is 19.1. The number of ether oxygens (including phenoxy) is 1. The van der Waals surface area contributed by atoms with Crippen LogP contribution in [0.3, 0.4) is 0 Å². The molecule has 28 heavy (non-hydrogen) atoms. The molecule has 1 heterocycles. The maximum atomic E-state index is 13.0. The van der Waals surface area contributed by atoms with Gasteiger partial charge in [-0.2, -0.15) is 0 Å². The third-order valence-corrected chi connectivity index (χ3v) is 6.80. The Morgan fingerprint density at radius 3 is 2.36 bits per heavy atom. The Labute approximate surface area is 174 Å². The zero-order chi connectivity index (χ0) is 21.1. The summed E-state index contributed by atoms with van der Waals surface area (Å²) in [5, 5.41) is 2.80. The Morgan fingerprint density at radius 1 is 1.29 bits per heavy atom. The first kappa shape index (κ1) is 23.0. The van der Waals surface area contributed by atoms with Crippen molar-refractivity contribution in [2.45, 2.75) is 82.9 Å². The van der Waals surface area contributed by atoms with Gasteiger partial charge in [0.1, 0.15) is 12.1 Å². The maximum Gasteiger partial charge on any atom is 0.234 e. The number of carbonyl (C=O) groups excluding carboxylic acids is 2. The van der Waals surface area contributed by atoms with Gasteiger partial charge in [0.2, 0.25) is 5.91 Å². The highest BCUT2D eigenvalue weighted by Crippen LogP contribution is 2.28. The van der Waals surface area contributed by atoms with Crippen LogP contribution in [-0.2, 0) is 25.5 Å². The average molecular weight is 406 g/mol. The first-order valence-corrected chi connectivity index (χ1v) is 11.2. The summed E-state index contributed by atoms with van der Waals surface area (Å²) < 4.78 is 5.44. The van der Waals surface area contributed by atoms with E-state index in [2.05, 4.69) is 64.2 Å². The topological polar surface area (TPSA) is 55.4 Å². The zero-order valence-electron chi connectivity index (χ0n) is 18.3. The smallest absolute Gasteiger partial charge is 0.234 e. The summed E-state index contributed by atoms with van der Waals surface area (Å²) >= 11 is 1.64. The van der Waals surface area contributed by atoms with Gasteiger partial charge in [0.25, 0.3) is 0 Å². The van der Waals surface area contributed by atoms with Crippen LogP contribution in [0.2, 0.25) is 0 Å². The molecule has 1 aromatic carbocycles. The summed E-state index contributed by atoms with van der Waals surface area (Å²) in [4.78, 5) is 25.2. The van der Waals surface area contributed by atoms with E-state index in [1.807, 2.05) is 6.92 Å². The van der Waals surface area contributed by atoms with E-state index in [0.717, 1.165) is 12.2 Å². The van der Waals surface area contributed by atoms with E-state index >= 15 is 0 Å². The molecule has 1 aliphatic heterocycles. The molecule has 0 aliphatic carbocycles. The number of benzene rings is 1. The van der Waals surface area contributed by atoms with Crippen molar-refractivity contribution in [3.8, 4) is 0 Å². The third-order valence-electron chi connectivity index (χ3n) is 5.49. The molecule has 1 saturated heterocycles. The number of carbonyl (C=O) groups is 2. The van der Waals surface area contributed by atoms with Crippen molar-refractivity contribution in [3.05, 3.63) is 35.4 Å². The van der Waals surface area contributed by atoms with Crippen LogP contribution in [0.5, 0.6) is 0 Å². The highest BCUT2D eigenvalue weighted by Gasteiger charge is 2.46. The van der Waals surface area contributed by atoms with Crippen LogP contribution in [0.1, 0.15) is 66.0 Å². The van der Waals surface area contributed by atoms with Gasteiger partial charge in [0, 0.05) is 5.75 Å². The lowest BCUT2D eigenvalue weighted by Gasteiger charge is -2.30. The molecule has 2 rings (SSSR count). The second-order valence-corrected chi connectivity index (χ2v) is 10.6. The Kier molecular flexibility index (Phi) is 7.38. The standard InChI is InChI=1S/C23H35NO3S/c1-15(2)12-19(21(26)24-23(7)16(3)27-13-20(23)25)28-14-17-8-10-18(11-9-17)22(4,5)6/h8-11,15-16,19H,12-14H2,1-7H3,(H,24,26). The van der Waals surface area contributed by atoms with Crippen molar-refractivity contribution < 1.29 is 14.3 Å². The summed E-state index contributed by atoms with van der Waals surface area (Å²) in [6, 6.07) is 8.64. The number of rotatable bonds is 7. The molecule has 3 atom stereocenters. The predicted octanol–water partition coefficient (Wildman–Crippen LogP) is 4.49. The van der Waals surface area contributed by atoms with Crippen molar-refractivity contribution in [2.24, 2.45) is 5.92 Å². The molecule has 0 aromatic heterocycles. The fraction of sp³-hybridized carbons (Fsp3) is 0.652. The molecule has 1 aliphatic rings. The largest absolute Gasteiger partial charge is 0.368 e. The van der Waals surface area contributed by atoms with E-state index in [1.165, 1.54) is 11.1 Å². The fourth-order valence-electron chi connectivity index (χ4n) is 3.23. The molecule has 5 heteroatoms. The van der Waals surface area contributed by atoms with Gasteiger partial charge in [-0.1, -0.05) is 58.9 Å². The fourth-order valence-corrected chi connectivity index (χ4v) is 4.55. The number of hydrogen-bond acceptors (Lipinski definition) is 4. The first-order valence-electron chi connectivity index (χ1n) is 10.1. The minimum Gasteiger partial charge on any atom is -0.368 e. The predicted molar refractivity (Wildman–Crippen MR) is 117 cm³/mol. The number of ketones is 1. The van der Waals surface area contributed by atoms with E-state index in [4.69, 9.17) is 4.74 Å². The molecule has 0 bridgehead atoms. The van der Waals surface area contributed by atoms with Crippen LogP contribution < -0.4 is 5.32 Å². The normalized spacial score (nSPS) is 23.9. The summed E-state index contributed by atoms with van der Waals surface area (Å²) in [6.07, 6.45) is 0.467. The van der Waals surface area contributed by atoms with Gasteiger partial charge in [-0.05, 0) is 42.7 Å². The van der Waals surface area contributed by atoms with Crippen LogP contribution >= 0.6 is 11.8 Å². The highest BCUT2D eigenvalue weighted by atomic mass is 32.2. The molecule has 1 aromatic rings. The van der Waals surface area contributed by atoms with Crippen molar-refractivity contribution in [1.29, 1.82) is 0 Å². The molecule has 0 radical (unpaired) electrons. The van der Waals surface area contributed by atoms with Crippen LogP contribution in [0.25, 0.3) is 0 Å². The highest BCUT2D eigenvalue weighted by molar-refractivity contribution is 7.99. The third kappa shape index (κ3) is 5.60. The van der Waals surface area contributed by atoms with Gasteiger partial charge in [-0.25, -0.2) is 0 Å².